The highest BCUT2D eigenvalue weighted by Gasteiger charge is 2.33. The lowest BCUT2D eigenvalue weighted by Crippen LogP contribution is -2.36. The molecule has 1 atom stereocenters. The largest absolute Gasteiger partial charge is 0.281 e. The standard InChI is InChI=1S/C9H15N3O4S2/c1-6-9(7(2)11-10-6)18(15,16)12-8-3-4-17(13,14)5-8/h8,12H,3-5H2,1-2H3,(H,10,11). The molecule has 102 valence electrons. The number of sulfonamides is 1. The van der Waals surface area contributed by atoms with E-state index in [1.54, 1.807) is 13.8 Å². The summed E-state index contributed by atoms with van der Waals surface area (Å²) in [5, 5.41) is 6.42. The van der Waals surface area contributed by atoms with Crippen LogP contribution in [0.5, 0.6) is 0 Å². The number of H-pyrrole nitrogens is 1. The van der Waals surface area contributed by atoms with E-state index in [-0.39, 0.29) is 16.4 Å². The van der Waals surface area contributed by atoms with E-state index >= 15 is 0 Å². The highest BCUT2D eigenvalue weighted by atomic mass is 32.2. The number of nitrogens with one attached hydrogen (secondary N) is 2. The van der Waals surface area contributed by atoms with Crippen molar-refractivity contribution in [2.45, 2.75) is 31.2 Å². The number of hydrogen-bond acceptors (Lipinski definition) is 5. The summed E-state index contributed by atoms with van der Waals surface area (Å²) < 4.78 is 49.3. The van der Waals surface area contributed by atoms with Crippen molar-refractivity contribution in [2.75, 3.05) is 11.5 Å². The predicted octanol–water partition coefficient (Wildman–Crippen LogP) is -0.508. The van der Waals surface area contributed by atoms with Crippen molar-refractivity contribution in [1.82, 2.24) is 14.9 Å². The molecule has 1 fully saturated rings. The Bertz CT molecular complexity index is 640. The van der Waals surface area contributed by atoms with Gasteiger partial charge < -0.3 is 0 Å². The van der Waals surface area contributed by atoms with Gasteiger partial charge in [0, 0.05) is 6.04 Å². The highest BCUT2D eigenvalue weighted by molar-refractivity contribution is 7.92. The van der Waals surface area contributed by atoms with Crippen LogP contribution in [0.1, 0.15) is 17.8 Å². The molecule has 1 aliphatic heterocycles. The average molecular weight is 293 g/mol. The van der Waals surface area contributed by atoms with Gasteiger partial charge in [0.05, 0.1) is 22.9 Å². The van der Waals surface area contributed by atoms with Crippen LogP contribution in [0.2, 0.25) is 0 Å². The van der Waals surface area contributed by atoms with E-state index in [9.17, 15) is 16.8 Å². The van der Waals surface area contributed by atoms with Crippen molar-refractivity contribution in [3.8, 4) is 0 Å². The number of nitrogens with zero attached hydrogens (tertiary/aromatic N) is 1. The highest BCUT2D eigenvalue weighted by Crippen LogP contribution is 2.19. The second-order valence-electron chi connectivity index (χ2n) is 4.48. The monoisotopic (exact) mass is 293 g/mol. The van der Waals surface area contributed by atoms with Gasteiger partial charge in [-0.05, 0) is 20.3 Å². The number of aromatic nitrogens is 2. The average Bonchev–Trinajstić information content (AvgIpc) is 2.69. The first kappa shape index (κ1) is 13.5. The van der Waals surface area contributed by atoms with Crippen molar-refractivity contribution in [2.24, 2.45) is 0 Å². The SMILES string of the molecule is Cc1n[nH]c(C)c1S(=O)(=O)NC1CCS(=O)(=O)C1. The first-order valence-corrected chi connectivity index (χ1v) is 8.76. The van der Waals surface area contributed by atoms with Crippen molar-refractivity contribution < 1.29 is 16.8 Å². The third-order valence-corrected chi connectivity index (χ3v) is 6.43. The molecule has 1 aliphatic rings. The maximum Gasteiger partial charge on any atom is 0.244 e. The van der Waals surface area contributed by atoms with Crippen LogP contribution in [0, 0.1) is 13.8 Å². The number of rotatable bonds is 3. The fourth-order valence-corrected chi connectivity index (χ4v) is 5.52. The van der Waals surface area contributed by atoms with Gasteiger partial charge in [0.15, 0.2) is 9.84 Å². The van der Waals surface area contributed by atoms with Crippen molar-refractivity contribution in [1.29, 1.82) is 0 Å². The molecule has 18 heavy (non-hydrogen) atoms. The van der Waals surface area contributed by atoms with Crippen LogP contribution < -0.4 is 4.72 Å². The lowest BCUT2D eigenvalue weighted by atomic mass is 10.3. The Morgan fingerprint density at radius 1 is 1.39 bits per heavy atom. The molecule has 7 nitrogen and oxygen atoms in total. The second kappa shape index (κ2) is 4.32. The minimum Gasteiger partial charge on any atom is -0.281 e. The molecular weight excluding hydrogens is 278 g/mol. The summed E-state index contributed by atoms with van der Waals surface area (Å²) in [6.45, 7) is 3.20. The van der Waals surface area contributed by atoms with Crippen LogP contribution in [0.15, 0.2) is 4.90 Å². The maximum absolute atomic E-state index is 12.1. The quantitative estimate of drug-likeness (QED) is 0.780. The van der Waals surface area contributed by atoms with Crippen LogP contribution in [0.25, 0.3) is 0 Å². The number of sulfone groups is 1. The maximum atomic E-state index is 12.1. The third kappa shape index (κ3) is 2.57. The van der Waals surface area contributed by atoms with Crippen LogP contribution >= 0.6 is 0 Å². The fourth-order valence-electron chi connectivity index (χ4n) is 2.10. The van der Waals surface area contributed by atoms with Crippen LogP contribution in [0.3, 0.4) is 0 Å². The fraction of sp³-hybridized carbons (Fsp3) is 0.667. The molecule has 2 heterocycles. The van der Waals surface area contributed by atoms with Gasteiger partial charge in [-0.15, -0.1) is 0 Å². The molecule has 1 aromatic heterocycles. The molecule has 0 bridgehead atoms. The summed E-state index contributed by atoms with van der Waals surface area (Å²) in [7, 11) is -6.83. The van der Waals surface area contributed by atoms with Gasteiger partial charge in [-0.25, -0.2) is 21.6 Å². The molecule has 0 amide bonds. The third-order valence-electron chi connectivity index (χ3n) is 2.88. The van der Waals surface area contributed by atoms with Gasteiger partial charge in [0.1, 0.15) is 4.90 Å². The molecule has 2 N–H and O–H groups in total. The Hall–Kier alpha value is -0.930. The Morgan fingerprint density at radius 2 is 2.06 bits per heavy atom. The summed E-state index contributed by atoms with van der Waals surface area (Å²) >= 11 is 0. The zero-order valence-electron chi connectivity index (χ0n) is 10.1. The molecule has 1 unspecified atom stereocenters. The molecular formula is C9H15N3O4S2. The Labute approximate surface area is 106 Å². The van der Waals surface area contributed by atoms with Gasteiger partial charge in [0.2, 0.25) is 10.0 Å². The van der Waals surface area contributed by atoms with E-state index in [1.165, 1.54) is 0 Å². The predicted molar refractivity (Wildman–Crippen MR) is 65.4 cm³/mol. The smallest absolute Gasteiger partial charge is 0.244 e. The van der Waals surface area contributed by atoms with Crippen LogP contribution in [-0.2, 0) is 19.9 Å². The molecule has 9 heteroatoms. The summed E-state index contributed by atoms with van der Waals surface area (Å²) in [6.07, 6.45) is 0.317. The molecule has 0 saturated carbocycles. The van der Waals surface area contributed by atoms with Crippen LogP contribution in [0.4, 0.5) is 0 Å². The van der Waals surface area contributed by atoms with Crippen molar-refractivity contribution >= 4 is 19.9 Å². The molecule has 0 aliphatic carbocycles. The van der Waals surface area contributed by atoms with Gasteiger partial charge in [-0.2, -0.15) is 5.10 Å². The summed E-state index contributed by atoms with van der Waals surface area (Å²) in [5.41, 5.74) is 0.821. The molecule has 1 saturated heterocycles. The summed E-state index contributed by atoms with van der Waals surface area (Å²) in [4.78, 5) is 0.104. The van der Waals surface area contributed by atoms with Crippen LogP contribution in [-0.4, -0.2) is 44.6 Å². The summed E-state index contributed by atoms with van der Waals surface area (Å²) in [5.74, 6) is -0.105. The lowest BCUT2D eigenvalue weighted by molar-refractivity contribution is 0.561. The van der Waals surface area contributed by atoms with Gasteiger partial charge in [-0.1, -0.05) is 0 Å². The van der Waals surface area contributed by atoms with E-state index in [0.29, 0.717) is 17.8 Å². The minimum atomic E-state index is -3.72. The molecule has 0 spiro atoms. The van der Waals surface area contributed by atoms with Crippen molar-refractivity contribution in [3.63, 3.8) is 0 Å². The Balaban J connectivity index is 2.24. The zero-order chi connectivity index (χ0) is 13.6. The topological polar surface area (TPSA) is 109 Å². The lowest BCUT2D eigenvalue weighted by Gasteiger charge is -2.11. The normalized spacial score (nSPS) is 23.3. The molecule has 1 aromatic rings. The zero-order valence-corrected chi connectivity index (χ0v) is 11.7. The number of hydrogen-bond donors (Lipinski definition) is 2. The minimum absolute atomic E-state index is 0.0313. The van der Waals surface area contributed by atoms with E-state index in [1.807, 2.05) is 0 Å². The number of aryl methyl sites for hydroxylation is 2. The van der Waals surface area contributed by atoms with E-state index < -0.39 is 25.9 Å². The van der Waals surface area contributed by atoms with Crippen molar-refractivity contribution in [3.05, 3.63) is 11.4 Å². The van der Waals surface area contributed by atoms with E-state index in [0.717, 1.165) is 0 Å². The Morgan fingerprint density at radius 3 is 2.50 bits per heavy atom. The molecule has 0 aromatic carbocycles. The molecule has 2 rings (SSSR count). The van der Waals surface area contributed by atoms with Gasteiger partial charge in [0.25, 0.3) is 0 Å². The second-order valence-corrected chi connectivity index (χ2v) is 8.36. The summed E-state index contributed by atoms with van der Waals surface area (Å²) in [6, 6.07) is -0.548. The first-order valence-electron chi connectivity index (χ1n) is 5.45. The first-order chi connectivity index (χ1) is 8.21. The Kier molecular flexibility index (Phi) is 3.24. The number of aromatic amines is 1. The van der Waals surface area contributed by atoms with E-state index in [2.05, 4.69) is 14.9 Å². The van der Waals surface area contributed by atoms with Gasteiger partial charge >= 0.3 is 0 Å². The molecule has 0 radical (unpaired) electrons. The van der Waals surface area contributed by atoms with E-state index in [4.69, 9.17) is 0 Å². The van der Waals surface area contributed by atoms with Gasteiger partial charge in [-0.3, -0.25) is 5.10 Å².